The van der Waals surface area contributed by atoms with E-state index >= 15 is 0 Å². The minimum Gasteiger partial charge on any atom is -0.463 e. The van der Waals surface area contributed by atoms with Crippen molar-refractivity contribution in [3.8, 4) is 0 Å². The summed E-state index contributed by atoms with van der Waals surface area (Å²) in [5.41, 5.74) is 5.28. The van der Waals surface area contributed by atoms with Crippen molar-refractivity contribution in [2.75, 3.05) is 6.61 Å². The van der Waals surface area contributed by atoms with E-state index in [9.17, 15) is 24.0 Å². The highest BCUT2D eigenvalue weighted by atomic mass is 16.7. The summed E-state index contributed by atoms with van der Waals surface area (Å²) in [7, 11) is 0. The van der Waals surface area contributed by atoms with Gasteiger partial charge in [-0.15, -0.1) is 0 Å². The first-order valence-electron chi connectivity index (χ1n) is 7.62. The fraction of sp³-hybridized carbons (Fsp3) is 0.667. The van der Waals surface area contributed by atoms with Crippen LogP contribution < -0.4 is 5.73 Å². The zero-order valence-corrected chi connectivity index (χ0v) is 14.8. The van der Waals surface area contributed by atoms with Gasteiger partial charge in [0.1, 0.15) is 12.7 Å². The first-order valence-corrected chi connectivity index (χ1v) is 7.62. The molecule has 1 amide bonds. The van der Waals surface area contributed by atoms with Crippen molar-refractivity contribution in [3.05, 3.63) is 0 Å². The summed E-state index contributed by atoms with van der Waals surface area (Å²) < 4.78 is 25.5. The molecule has 146 valence electrons. The summed E-state index contributed by atoms with van der Waals surface area (Å²) in [6.07, 6.45) is -6.86. The molecular weight excluding hydrogens is 354 g/mol. The summed E-state index contributed by atoms with van der Waals surface area (Å²) in [5.74, 6) is -4.02. The van der Waals surface area contributed by atoms with Crippen LogP contribution in [-0.2, 0) is 47.7 Å². The zero-order chi connectivity index (χ0) is 20.0. The minimum atomic E-state index is -1.52. The number of esters is 4. The van der Waals surface area contributed by atoms with Gasteiger partial charge in [-0.05, 0) is 0 Å². The molecule has 0 unspecified atom stereocenters. The van der Waals surface area contributed by atoms with Crippen LogP contribution in [0.2, 0.25) is 0 Å². The van der Waals surface area contributed by atoms with Crippen LogP contribution in [0.1, 0.15) is 27.7 Å². The van der Waals surface area contributed by atoms with E-state index in [4.69, 9.17) is 29.4 Å². The number of nitrogens with two attached hydrogens (primary N) is 1. The molecular formula is C15H21NO10. The van der Waals surface area contributed by atoms with E-state index in [0.717, 1.165) is 27.7 Å². The van der Waals surface area contributed by atoms with Gasteiger partial charge in [-0.1, -0.05) is 0 Å². The average Bonchev–Trinajstić information content (AvgIpc) is 2.47. The van der Waals surface area contributed by atoms with Gasteiger partial charge in [-0.2, -0.15) is 0 Å². The Morgan fingerprint density at radius 1 is 0.769 bits per heavy atom. The van der Waals surface area contributed by atoms with E-state index in [2.05, 4.69) is 0 Å². The van der Waals surface area contributed by atoms with Gasteiger partial charge >= 0.3 is 23.9 Å². The Hall–Kier alpha value is -2.69. The average molecular weight is 375 g/mol. The number of rotatable bonds is 6. The van der Waals surface area contributed by atoms with Crippen molar-refractivity contribution >= 4 is 29.8 Å². The minimum absolute atomic E-state index is 0.415. The van der Waals surface area contributed by atoms with Crippen molar-refractivity contribution < 1.29 is 47.7 Å². The van der Waals surface area contributed by atoms with E-state index in [1.165, 1.54) is 0 Å². The Morgan fingerprint density at radius 3 is 1.65 bits per heavy atom. The quantitative estimate of drug-likeness (QED) is 0.432. The van der Waals surface area contributed by atoms with Crippen LogP contribution in [0.5, 0.6) is 0 Å². The molecule has 0 bridgehead atoms. The van der Waals surface area contributed by atoms with Crippen LogP contribution in [-0.4, -0.2) is 66.9 Å². The van der Waals surface area contributed by atoms with E-state index in [1.54, 1.807) is 0 Å². The molecule has 0 aromatic heterocycles. The van der Waals surface area contributed by atoms with E-state index in [1.807, 2.05) is 0 Å². The highest BCUT2D eigenvalue weighted by molar-refractivity contribution is 5.81. The molecule has 0 aromatic rings. The lowest BCUT2D eigenvalue weighted by molar-refractivity contribution is -0.248. The predicted molar refractivity (Wildman–Crippen MR) is 81.2 cm³/mol. The molecule has 1 saturated heterocycles. The Labute approximate surface area is 149 Å². The normalized spacial score (nSPS) is 27.8. The third-order valence-corrected chi connectivity index (χ3v) is 3.27. The molecule has 0 radical (unpaired) electrons. The second-order valence-electron chi connectivity index (χ2n) is 5.52. The third kappa shape index (κ3) is 5.99. The number of carbonyl (C=O) groups excluding carboxylic acids is 5. The zero-order valence-electron chi connectivity index (χ0n) is 14.8. The topological polar surface area (TPSA) is 158 Å². The van der Waals surface area contributed by atoms with Gasteiger partial charge in [0.25, 0.3) is 5.91 Å². The lowest BCUT2D eigenvalue weighted by atomic mass is 9.93. The monoisotopic (exact) mass is 375 g/mol. The fourth-order valence-electron chi connectivity index (χ4n) is 2.46. The molecule has 1 fully saturated rings. The maximum atomic E-state index is 11.7. The van der Waals surface area contributed by atoms with E-state index < -0.39 is 66.9 Å². The van der Waals surface area contributed by atoms with Crippen LogP contribution in [0, 0.1) is 0 Å². The molecule has 11 nitrogen and oxygen atoms in total. The molecule has 11 heteroatoms. The van der Waals surface area contributed by atoms with Crippen LogP contribution in [0.15, 0.2) is 0 Å². The van der Waals surface area contributed by atoms with Crippen LogP contribution in [0.3, 0.4) is 0 Å². The number of primary amides is 1. The third-order valence-electron chi connectivity index (χ3n) is 3.27. The van der Waals surface area contributed by atoms with Gasteiger partial charge in [0.05, 0.1) is 0 Å². The number of hydrogen-bond donors (Lipinski definition) is 1. The second-order valence-corrected chi connectivity index (χ2v) is 5.52. The van der Waals surface area contributed by atoms with Gasteiger partial charge < -0.3 is 29.4 Å². The first-order chi connectivity index (χ1) is 12.0. The summed E-state index contributed by atoms with van der Waals surface area (Å²) in [4.78, 5) is 57.1. The maximum absolute atomic E-state index is 11.7. The number of carbonyl (C=O) groups is 5. The van der Waals surface area contributed by atoms with Crippen molar-refractivity contribution in [2.24, 2.45) is 5.73 Å². The molecule has 1 aliphatic heterocycles. The van der Waals surface area contributed by atoms with Crippen molar-refractivity contribution in [1.82, 2.24) is 0 Å². The van der Waals surface area contributed by atoms with Crippen molar-refractivity contribution in [3.63, 3.8) is 0 Å². The van der Waals surface area contributed by atoms with Gasteiger partial charge in [-0.25, -0.2) is 0 Å². The number of amides is 1. The molecule has 1 rings (SSSR count). The molecule has 0 aromatic carbocycles. The summed E-state index contributed by atoms with van der Waals surface area (Å²) in [5, 5.41) is 0. The summed E-state index contributed by atoms with van der Waals surface area (Å²) in [6.45, 7) is 3.96. The maximum Gasteiger partial charge on any atom is 0.303 e. The van der Waals surface area contributed by atoms with Gasteiger partial charge in [0.15, 0.2) is 24.4 Å². The van der Waals surface area contributed by atoms with Gasteiger partial charge in [-0.3, -0.25) is 24.0 Å². The molecule has 0 spiro atoms. The van der Waals surface area contributed by atoms with Crippen LogP contribution in [0.4, 0.5) is 0 Å². The Balaban J connectivity index is 3.29. The largest absolute Gasteiger partial charge is 0.463 e. The van der Waals surface area contributed by atoms with Gasteiger partial charge in [0.2, 0.25) is 0 Å². The highest BCUT2D eigenvalue weighted by Gasteiger charge is 2.53. The Kier molecular flexibility index (Phi) is 7.50. The Bertz CT molecular complexity index is 589. The van der Waals surface area contributed by atoms with Gasteiger partial charge in [0, 0.05) is 27.7 Å². The molecule has 1 aliphatic rings. The SMILES string of the molecule is CC(=O)OC[C@H]1O[C@H](C(N)=O)[C@H](OC(C)=O)[C@@H](OC(C)=O)[C@H]1OC(C)=O. The molecule has 1 heterocycles. The lowest BCUT2D eigenvalue weighted by Crippen LogP contribution is -2.65. The molecule has 0 aliphatic carbocycles. The Morgan fingerprint density at radius 2 is 1.23 bits per heavy atom. The fourth-order valence-corrected chi connectivity index (χ4v) is 2.46. The smallest absolute Gasteiger partial charge is 0.303 e. The van der Waals surface area contributed by atoms with Crippen molar-refractivity contribution in [1.29, 1.82) is 0 Å². The van der Waals surface area contributed by atoms with Crippen molar-refractivity contribution in [2.45, 2.75) is 58.2 Å². The van der Waals surface area contributed by atoms with E-state index in [-0.39, 0.29) is 0 Å². The lowest BCUT2D eigenvalue weighted by Gasteiger charge is -2.43. The number of ether oxygens (including phenoxy) is 5. The highest BCUT2D eigenvalue weighted by Crippen LogP contribution is 2.29. The molecule has 2 N–H and O–H groups in total. The molecule has 26 heavy (non-hydrogen) atoms. The van der Waals surface area contributed by atoms with Crippen LogP contribution in [0.25, 0.3) is 0 Å². The van der Waals surface area contributed by atoms with E-state index in [0.29, 0.717) is 0 Å². The standard InChI is InChI=1S/C15H21NO10/c1-6(17)22-5-10-11(23-7(2)18)12(24-8(3)19)13(25-9(4)20)14(26-10)15(16)21/h10-14H,5H2,1-4H3,(H2,16,21)/t10-,11+,12+,13-,14+/m1/s1. The number of hydrogen-bond acceptors (Lipinski definition) is 10. The summed E-state index contributed by atoms with van der Waals surface area (Å²) >= 11 is 0. The molecule has 5 atom stereocenters. The second kappa shape index (κ2) is 9.13. The van der Waals surface area contributed by atoms with Crippen LogP contribution >= 0.6 is 0 Å². The molecule has 0 saturated carbocycles. The first kappa shape index (κ1) is 21.4. The summed E-state index contributed by atoms with van der Waals surface area (Å²) in [6, 6.07) is 0. The predicted octanol–water partition coefficient (Wildman–Crippen LogP) is -1.40.